The first-order valence-corrected chi connectivity index (χ1v) is 10.6. The zero-order valence-electron chi connectivity index (χ0n) is 14.0. The van der Waals surface area contributed by atoms with Gasteiger partial charge in [0.2, 0.25) is 0 Å². The molecule has 4 aromatic rings. The zero-order chi connectivity index (χ0) is 17.7. The molecule has 2 heteroatoms. The van der Waals surface area contributed by atoms with Crippen LogP contribution < -0.4 is 0 Å². The molecule has 0 fully saturated rings. The Kier molecular flexibility index (Phi) is 3.99. The summed E-state index contributed by atoms with van der Waals surface area (Å²) in [5.74, 6) is 0. The van der Waals surface area contributed by atoms with Crippen molar-refractivity contribution in [2.75, 3.05) is 0 Å². The lowest BCUT2D eigenvalue weighted by atomic mass is 9.74. The van der Waals surface area contributed by atoms with Gasteiger partial charge in [0.15, 0.2) is 0 Å². The van der Waals surface area contributed by atoms with Crippen molar-refractivity contribution in [3.8, 4) is 22.3 Å². The molecule has 4 aromatic carbocycles. The zero-order valence-corrected chi connectivity index (χ0v) is 17.2. The fraction of sp³-hybridized carbons (Fsp3) is 0.0833. The number of hydrogen-bond acceptors (Lipinski definition) is 0. The fourth-order valence-corrected chi connectivity index (χ4v) is 5.56. The Labute approximate surface area is 170 Å². The molecule has 1 aliphatic rings. The molecule has 0 bridgehead atoms. The Hall–Kier alpha value is -1.90. The van der Waals surface area contributed by atoms with Gasteiger partial charge in [0.1, 0.15) is 0 Å². The predicted molar refractivity (Wildman–Crippen MR) is 118 cm³/mol. The second-order valence-corrected chi connectivity index (χ2v) is 8.63. The highest BCUT2D eigenvalue weighted by Gasteiger charge is 2.40. The van der Waals surface area contributed by atoms with E-state index >= 15 is 0 Å². The number of alkyl halides is 2. The summed E-state index contributed by atoms with van der Waals surface area (Å²) >= 11 is 7.84. The summed E-state index contributed by atoms with van der Waals surface area (Å²) in [4.78, 5) is 0.638. The average Bonchev–Trinajstić information content (AvgIpc) is 2.72. The van der Waals surface area contributed by atoms with Gasteiger partial charge in [0, 0.05) is 0 Å². The third-order valence-electron chi connectivity index (χ3n) is 5.23. The van der Waals surface area contributed by atoms with E-state index in [1.807, 2.05) is 0 Å². The molecule has 0 amide bonds. The van der Waals surface area contributed by atoms with Crippen LogP contribution in [0.15, 0.2) is 84.9 Å². The van der Waals surface area contributed by atoms with Crippen molar-refractivity contribution in [2.45, 2.75) is 9.65 Å². The number of halogens is 2. The molecule has 0 radical (unpaired) electrons. The topological polar surface area (TPSA) is 0 Å². The van der Waals surface area contributed by atoms with Crippen molar-refractivity contribution >= 4 is 42.6 Å². The van der Waals surface area contributed by atoms with E-state index in [4.69, 9.17) is 0 Å². The second-order valence-electron chi connectivity index (χ2n) is 6.66. The quantitative estimate of drug-likeness (QED) is 0.263. The molecule has 126 valence electrons. The molecule has 0 N–H and O–H groups in total. The first kappa shape index (κ1) is 16.3. The number of fused-ring (bicyclic) bond motifs is 2. The summed E-state index contributed by atoms with van der Waals surface area (Å²) < 4.78 is 0. The molecule has 0 saturated carbocycles. The Bertz CT molecular complexity index is 1010. The second kappa shape index (κ2) is 6.37. The van der Waals surface area contributed by atoms with Crippen LogP contribution in [-0.2, 0) is 0 Å². The van der Waals surface area contributed by atoms with Gasteiger partial charge in [-0.15, -0.1) is 0 Å². The molecule has 0 aromatic heterocycles. The fourth-order valence-electron chi connectivity index (χ4n) is 4.08. The predicted octanol–water partition coefficient (Wildman–Crippen LogP) is 8.06. The van der Waals surface area contributed by atoms with E-state index in [1.165, 1.54) is 44.2 Å². The van der Waals surface area contributed by atoms with E-state index in [0.717, 1.165) is 0 Å². The maximum Gasteiger partial charge on any atom is 0.0571 e. The van der Waals surface area contributed by atoms with Crippen LogP contribution in [0.5, 0.6) is 0 Å². The van der Waals surface area contributed by atoms with Crippen LogP contribution in [0.2, 0.25) is 0 Å². The minimum absolute atomic E-state index is 0.319. The summed E-state index contributed by atoms with van der Waals surface area (Å²) in [6.45, 7) is 0. The molecule has 1 aliphatic carbocycles. The Morgan fingerprint density at radius 3 is 1.19 bits per heavy atom. The van der Waals surface area contributed by atoms with Crippen molar-refractivity contribution < 1.29 is 0 Å². The van der Waals surface area contributed by atoms with Crippen LogP contribution in [0.3, 0.4) is 0 Å². The van der Waals surface area contributed by atoms with Crippen LogP contribution in [0.1, 0.15) is 20.8 Å². The van der Waals surface area contributed by atoms with Crippen molar-refractivity contribution in [2.24, 2.45) is 0 Å². The molecular formula is C24H16Br2. The molecular weight excluding hydrogens is 448 g/mol. The van der Waals surface area contributed by atoms with Gasteiger partial charge < -0.3 is 0 Å². The molecule has 0 spiro atoms. The van der Waals surface area contributed by atoms with E-state index in [9.17, 15) is 0 Å². The maximum absolute atomic E-state index is 3.92. The molecule has 0 unspecified atom stereocenters. The summed E-state index contributed by atoms with van der Waals surface area (Å²) in [5, 5.41) is 2.64. The molecule has 0 aliphatic heterocycles. The Morgan fingerprint density at radius 1 is 0.462 bits per heavy atom. The first-order chi connectivity index (χ1) is 12.8. The number of rotatable bonds is 2. The first-order valence-electron chi connectivity index (χ1n) is 8.75. The smallest absolute Gasteiger partial charge is 0.0571 e. The van der Waals surface area contributed by atoms with Crippen LogP contribution in [-0.4, -0.2) is 0 Å². The summed E-state index contributed by atoms with van der Waals surface area (Å²) in [6.07, 6.45) is 0. The Morgan fingerprint density at radius 2 is 0.808 bits per heavy atom. The van der Waals surface area contributed by atoms with E-state index in [1.54, 1.807) is 0 Å². The summed E-state index contributed by atoms with van der Waals surface area (Å²) in [7, 11) is 0. The van der Waals surface area contributed by atoms with Gasteiger partial charge in [-0.3, -0.25) is 0 Å². The summed E-state index contributed by atoms with van der Waals surface area (Å²) in [5.41, 5.74) is 8.10. The highest BCUT2D eigenvalue weighted by molar-refractivity contribution is 9.12. The minimum atomic E-state index is 0.319. The van der Waals surface area contributed by atoms with Crippen LogP contribution in [0.25, 0.3) is 33.0 Å². The van der Waals surface area contributed by atoms with Crippen LogP contribution in [0, 0.1) is 0 Å². The van der Waals surface area contributed by atoms with E-state index in [2.05, 4.69) is 117 Å². The summed E-state index contributed by atoms with van der Waals surface area (Å²) in [6, 6.07) is 30.3. The maximum atomic E-state index is 3.92. The molecule has 0 saturated heterocycles. The molecule has 26 heavy (non-hydrogen) atoms. The van der Waals surface area contributed by atoms with Crippen LogP contribution in [0.4, 0.5) is 0 Å². The van der Waals surface area contributed by atoms with E-state index in [0.29, 0.717) is 9.65 Å². The molecule has 2 atom stereocenters. The van der Waals surface area contributed by atoms with Gasteiger partial charge in [-0.1, -0.05) is 117 Å². The molecule has 0 nitrogen and oxygen atoms in total. The van der Waals surface area contributed by atoms with Gasteiger partial charge >= 0.3 is 0 Å². The van der Waals surface area contributed by atoms with Crippen molar-refractivity contribution in [3.63, 3.8) is 0 Å². The van der Waals surface area contributed by atoms with Crippen molar-refractivity contribution in [3.05, 3.63) is 96.1 Å². The number of hydrogen-bond donors (Lipinski definition) is 0. The number of benzene rings is 4. The van der Waals surface area contributed by atoms with Crippen LogP contribution >= 0.6 is 31.9 Å². The normalized spacial score (nSPS) is 18.4. The highest BCUT2D eigenvalue weighted by Crippen LogP contribution is 2.62. The van der Waals surface area contributed by atoms with E-state index in [-0.39, 0.29) is 0 Å². The highest BCUT2D eigenvalue weighted by atomic mass is 79.9. The van der Waals surface area contributed by atoms with Gasteiger partial charge in [-0.05, 0) is 44.2 Å². The van der Waals surface area contributed by atoms with Gasteiger partial charge in [-0.2, -0.15) is 0 Å². The lowest BCUT2D eigenvalue weighted by Gasteiger charge is -2.38. The monoisotopic (exact) mass is 462 g/mol. The molecule has 0 heterocycles. The van der Waals surface area contributed by atoms with Crippen molar-refractivity contribution in [1.82, 2.24) is 0 Å². The van der Waals surface area contributed by atoms with Gasteiger partial charge in [0.05, 0.1) is 9.65 Å². The third-order valence-corrected chi connectivity index (χ3v) is 7.91. The average molecular weight is 464 g/mol. The SMILES string of the molecule is Br[C@H]1c2c(c(-c3ccccc3)c3ccccc3c2-c2ccccc2)[C@@H]1Br. The largest absolute Gasteiger partial charge is 0.0822 e. The minimum Gasteiger partial charge on any atom is -0.0822 e. The van der Waals surface area contributed by atoms with E-state index < -0.39 is 0 Å². The lowest BCUT2D eigenvalue weighted by Crippen LogP contribution is -2.18. The molecule has 5 rings (SSSR count). The van der Waals surface area contributed by atoms with Gasteiger partial charge in [0.25, 0.3) is 0 Å². The Balaban J connectivity index is 1.95. The lowest BCUT2D eigenvalue weighted by molar-refractivity contribution is 0.829. The standard InChI is InChI=1S/C24H16Br2/c25-23-21-19(15-9-3-1-4-10-15)17-13-7-8-14-18(17)20(22(21)24(23)26)16-11-5-2-6-12-16/h1-14,23-24H/t23-,24-/m0/s1. The van der Waals surface area contributed by atoms with Crippen molar-refractivity contribution in [1.29, 1.82) is 0 Å². The van der Waals surface area contributed by atoms with Gasteiger partial charge in [-0.25, -0.2) is 0 Å². The third kappa shape index (κ3) is 2.32.